The summed E-state index contributed by atoms with van der Waals surface area (Å²) in [6, 6.07) is 0. The molecular weight excluding hydrogens is 228 g/mol. The van der Waals surface area contributed by atoms with Crippen molar-refractivity contribution in [2.24, 2.45) is 5.73 Å². The number of nitrogens with two attached hydrogens (primary N) is 1. The lowest BCUT2D eigenvalue weighted by Gasteiger charge is -2.12. The fourth-order valence-electron chi connectivity index (χ4n) is 1.08. The van der Waals surface area contributed by atoms with Gasteiger partial charge in [-0.3, -0.25) is 14.9 Å². The number of nitrogens with one attached hydrogen (secondary N) is 2. The van der Waals surface area contributed by atoms with Gasteiger partial charge in [0.05, 0.1) is 22.8 Å². The van der Waals surface area contributed by atoms with Gasteiger partial charge in [0.2, 0.25) is 0 Å². The van der Waals surface area contributed by atoms with Crippen LogP contribution >= 0.6 is 0 Å². The first-order valence-corrected chi connectivity index (χ1v) is 4.67. The highest BCUT2D eigenvalue weighted by molar-refractivity contribution is 6.00. The van der Waals surface area contributed by atoms with Crippen LogP contribution in [0.15, 0.2) is 23.5 Å². The zero-order valence-electron chi connectivity index (χ0n) is 9.27. The molecular formula is C9H14N4O4. The van der Waals surface area contributed by atoms with Gasteiger partial charge >= 0.3 is 5.97 Å². The van der Waals surface area contributed by atoms with E-state index in [1.807, 2.05) is 0 Å². The van der Waals surface area contributed by atoms with Crippen LogP contribution in [0.5, 0.6) is 0 Å². The van der Waals surface area contributed by atoms with E-state index < -0.39 is 10.9 Å². The van der Waals surface area contributed by atoms with Crippen LogP contribution in [0.25, 0.3) is 0 Å². The third kappa shape index (κ3) is 4.89. The van der Waals surface area contributed by atoms with E-state index in [9.17, 15) is 14.9 Å². The number of hydrogen-bond acceptors (Lipinski definition) is 6. The molecule has 0 heterocycles. The normalized spacial score (nSPS) is 13.9. The molecule has 8 nitrogen and oxygen atoms in total. The van der Waals surface area contributed by atoms with Crippen LogP contribution in [0, 0.1) is 15.5 Å². The van der Waals surface area contributed by atoms with Crippen molar-refractivity contribution in [2.75, 3.05) is 13.6 Å². The third-order valence-electron chi connectivity index (χ3n) is 1.79. The summed E-state index contributed by atoms with van der Waals surface area (Å²) in [5.41, 5.74) is 4.76. The Labute approximate surface area is 97.5 Å². The van der Waals surface area contributed by atoms with Gasteiger partial charge in [0.1, 0.15) is 6.54 Å². The quantitative estimate of drug-likeness (QED) is 0.394. The summed E-state index contributed by atoms with van der Waals surface area (Å²) in [4.78, 5) is 20.1. The van der Waals surface area contributed by atoms with Crippen molar-refractivity contribution in [3.63, 3.8) is 0 Å². The third-order valence-corrected chi connectivity index (χ3v) is 1.79. The highest BCUT2D eigenvalue weighted by atomic mass is 16.6. The van der Waals surface area contributed by atoms with Crippen molar-refractivity contribution in [1.29, 1.82) is 5.41 Å². The number of hydrogen-bond donors (Lipinski definition) is 4. The molecule has 0 saturated carbocycles. The Bertz CT molecular complexity index is 386. The van der Waals surface area contributed by atoms with Gasteiger partial charge < -0.3 is 21.6 Å². The van der Waals surface area contributed by atoms with Gasteiger partial charge in [-0.2, -0.15) is 0 Å². The average molecular weight is 242 g/mol. The molecule has 0 bridgehead atoms. The number of allylic oxidation sites excluding steroid dienone is 4. The molecule has 1 aliphatic carbocycles. The highest BCUT2D eigenvalue weighted by Gasteiger charge is 2.19. The maximum atomic E-state index is 10.4. The molecule has 0 radical (unpaired) electrons. The molecule has 17 heavy (non-hydrogen) atoms. The second-order valence-corrected chi connectivity index (χ2v) is 2.90. The van der Waals surface area contributed by atoms with Gasteiger partial charge in [-0.1, -0.05) is 0 Å². The van der Waals surface area contributed by atoms with Crippen molar-refractivity contribution in [2.45, 2.75) is 6.42 Å². The molecule has 1 rings (SSSR count). The fraction of sp³-hybridized carbons (Fsp3) is 0.333. The molecule has 0 aromatic rings. The van der Waals surface area contributed by atoms with Crippen molar-refractivity contribution < 1.29 is 14.8 Å². The molecule has 0 amide bonds. The Morgan fingerprint density at radius 1 is 1.65 bits per heavy atom. The molecule has 5 N–H and O–H groups in total. The van der Waals surface area contributed by atoms with E-state index in [0.29, 0.717) is 5.70 Å². The van der Waals surface area contributed by atoms with Crippen molar-refractivity contribution >= 4 is 11.7 Å². The zero-order valence-corrected chi connectivity index (χ0v) is 9.27. The minimum absolute atomic E-state index is 0.0189. The minimum Gasteiger partial charge on any atom is -0.480 e. The lowest BCUT2D eigenvalue weighted by molar-refractivity contribution is -0.426. The summed E-state index contributed by atoms with van der Waals surface area (Å²) in [6.45, 7) is -0.310. The second kappa shape index (κ2) is 7.12. The summed E-state index contributed by atoms with van der Waals surface area (Å²) < 4.78 is 0. The number of aliphatic carboxylic acids is 1. The van der Waals surface area contributed by atoms with Gasteiger partial charge in [0.25, 0.3) is 5.70 Å². The van der Waals surface area contributed by atoms with Gasteiger partial charge in [-0.05, 0) is 13.1 Å². The molecule has 0 aromatic carbocycles. The van der Waals surface area contributed by atoms with Gasteiger partial charge in [-0.15, -0.1) is 0 Å². The Morgan fingerprint density at radius 3 is 2.65 bits per heavy atom. The topological polar surface area (TPSA) is 142 Å². The van der Waals surface area contributed by atoms with Crippen molar-refractivity contribution in [3.8, 4) is 0 Å². The van der Waals surface area contributed by atoms with Gasteiger partial charge in [0, 0.05) is 6.08 Å². The average Bonchev–Trinajstić information content (AvgIpc) is 2.29. The fourth-order valence-corrected chi connectivity index (χ4v) is 1.08. The molecule has 0 atom stereocenters. The zero-order chi connectivity index (χ0) is 13.4. The number of nitro groups is 1. The molecule has 0 unspecified atom stereocenters. The molecule has 0 aliphatic heterocycles. The Balaban J connectivity index is 0.00000121. The van der Waals surface area contributed by atoms with E-state index in [-0.39, 0.29) is 24.4 Å². The molecule has 0 aromatic heterocycles. The summed E-state index contributed by atoms with van der Waals surface area (Å²) in [6.07, 6.45) is 2.51. The smallest absolute Gasteiger partial charge is 0.322 e. The molecule has 0 fully saturated rings. The summed E-state index contributed by atoms with van der Waals surface area (Å²) in [5.74, 6) is -1.05. The maximum Gasteiger partial charge on any atom is 0.322 e. The van der Waals surface area contributed by atoms with Crippen LogP contribution in [-0.2, 0) is 4.79 Å². The molecule has 0 spiro atoms. The lowest BCUT2D eigenvalue weighted by Crippen LogP contribution is -2.28. The van der Waals surface area contributed by atoms with Gasteiger partial charge in [0.15, 0.2) is 0 Å². The summed E-state index contributed by atoms with van der Waals surface area (Å²) in [5, 5.41) is 28.7. The SMILES string of the molecule is CN.N=C1CC([N+](=O)[O-])=CC=C1NCC(=O)O. The monoisotopic (exact) mass is 242 g/mol. The standard InChI is InChI=1S/C8H9N3O4.CH5N/c9-6-3-5(11(14)15)1-2-7(6)10-4-8(12)13;1-2/h1-2,9-10H,3-4H2,(H,12,13);2H2,1H3. The summed E-state index contributed by atoms with van der Waals surface area (Å²) >= 11 is 0. The maximum absolute atomic E-state index is 10.4. The van der Waals surface area contributed by atoms with Gasteiger partial charge in [-0.25, -0.2) is 0 Å². The van der Waals surface area contributed by atoms with E-state index in [4.69, 9.17) is 10.5 Å². The van der Waals surface area contributed by atoms with Crippen LogP contribution in [0.3, 0.4) is 0 Å². The van der Waals surface area contributed by atoms with Crippen LogP contribution in [0.1, 0.15) is 6.42 Å². The summed E-state index contributed by atoms with van der Waals surface area (Å²) in [7, 11) is 1.50. The first-order chi connectivity index (χ1) is 8.00. The predicted octanol–water partition coefficient (Wildman–Crippen LogP) is -0.297. The number of rotatable bonds is 4. The van der Waals surface area contributed by atoms with E-state index in [1.54, 1.807) is 0 Å². The lowest BCUT2D eigenvalue weighted by atomic mass is 10.1. The number of carboxylic acids is 1. The molecule has 94 valence electrons. The Morgan fingerprint density at radius 2 is 2.24 bits per heavy atom. The van der Waals surface area contributed by atoms with Crippen molar-refractivity contribution in [3.05, 3.63) is 33.7 Å². The number of nitrogens with zero attached hydrogens (tertiary/aromatic N) is 1. The second-order valence-electron chi connectivity index (χ2n) is 2.90. The first kappa shape index (κ1) is 14.8. The van der Waals surface area contributed by atoms with E-state index in [2.05, 4.69) is 11.1 Å². The molecule has 0 saturated heterocycles. The van der Waals surface area contributed by atoms with E-state index >= 15 is 0 Å². The van der Waals surface area contributed by atoms with Crippen LogP contribution in [-0.4, -0.2) is 35.3 Å². The highest BCUT2D eigenvalue weighted by Crippen LogP contribution is 2.13. The molecule has 1 aliphatic rings. The predicted molar refractivity (Wildman–Crippen MR) is 61.3 cm³/mol. The first-order valence-electron chi connectivity index (χ1n) is 4.67. The Kier molecular flexibility index (Phi) is 6.19. The van der Waals surface area contributed by atoms with Crippen LogP contribution < -0.4 is 11.1 Å². The minimum atomic E-state index is -1.05. The largest absolute Gasteiger partial charge is 0.480 e. The molecule has 8 heteroatoms. The van der Waals surface area contributed by atoms with Crippen LogP contribution in [0.2, 0.25) is 0 Å². The van der Waals surface area contributed by atoms with E-state index in [0.717, 1.165) is 0 Å². The van der Waals surface area contributed by atoms with E-state index in [1.165, 1.54) is 19.2 Å². The van der Waals surface area contributed by atoms with Crippen molar-refractivity contribution in [1.82, 2.24) is 5.32 Å². The number of carbonyl (C=O) groups is 1. The Hall–Kier alpha value is -2.22. The van der Waals surface area contributed by atoms with Crippen LogP contribution in [0.4, 0.5) is 0 Å². The number of carboxylic acid groups (broad SMARTS) is 1.